The molecule has 0 radical (unpaired) electrons. The quantitative estimate of drug-likeness (QED) is 0.867. The van der Waals surface area contributed by atoms with Crippen LogP contribution in [0.25, 0.3) is 0 Å². The van der Waals surface area contributed by atoms with Gasteiger partial charge in [0.1, 0.15) is 0 Å². The molecule has 3 heteroatoms. The van der Waals surface area contributed by atoms with Gasteiger partial charge in [0.05, 0.1) is 13.2 Å². The van der Waals surface area contributed by atoms with Crippen molar-refractivity contribution < 1.29 is 4.74 Å². The van der Waals surface area contributed by atoms with Gasteiger partial charge in [-0.1, -0.05) is 19.1 Å². The van der Waals surface area contributed by atoms with Gasteiger partial charge >= 0.3 is 0 Å². The van der Waals surface area contributed by atoms with Crippen molar-refractivity contribution in [2.24, 2.45) is 0 Å². The fourth-order valence-corrected chi connectivity index (χ4v) is 2.16. The lowest BCUT2D eigenvalue weighted by molar-refractivity contribution is 0.0342. The maximum absolute atomic E-state index is 5.37. The van der Waals surface area contributed by atoms with E-state index in [1.165, 1.54) is 11.3 Å². The molecule has 3 nitrogen and oxygen atoms in total. The zero-order valence-corrected chi connectivity index (χ0v) is 11.5. The van der Waals surface area contributed by atoms with E-state index in [1.807, 2.05) is 0 Å². The number of hydrogen-bond donors (Lipinski definition) is 1. The molecule has 1 aliphatic heterocycles. The summed E-state index contributed by atoms with van der Waals surface area (Å²) in [5, 5.41) is 3.53. The highest BCUT2D eigenvalue weighted by Gasteiger charge is 2.10. The molecule has 100 valence electrons. The minimum atomic E-state index is 0.531. The Morgan fingerprint density at radius 2 is 2.11 bits per heavy atom. The van der Waals surface area contributed by atoms with Crippen molar-refractivity contribution in [3.8, 4) is 0 Å². The van der Waals surface area contributed by atoms with Crippen LogP contribution in [-0.2, 0) is 11.3 Å². The maximum atomic E-state index is 5.37. The Balaban J connectivity index is 1.93. The van der Waals surface area contributed by atoms with Crippen LogP contribution in [0, 0.1) is 0 Å². The second-order valence-electron chi connectivity index (χ2n) is 5.04. The van der Waals surface area contributed by atoms with Gasteiger partial charge in [0, 0.05) is 31.4 Å². The van der Waals surface area contributed by atoms with Crippen LogP contribution in [-0.4, -0.2) is 37.2 Å². The lowest BCUT2D eigenvalue weighted by atomic mass is 10.1. The van der Waals surface area contributed by atoms with Gasteiger partial charge in [0.2, 0.25) is 0 Å². The highest BCUT2D eigenvalue weighted by molar-refractivity contribution is 5.46. The first-order valence-electron chi connectivity index (χ1n) is 6.93. The van der Waals surface area contributed by atoms with E-state index in [9.17, 15) is 0 Å². The highest BCUT2D eigenvalue weighted by atomic mass is 16.5. The van der Waals surface area contributed by atoms with Crippen molar-refractivity contribution >= 4 is 5.69 Å². The summed E-state index contributed by atoms with van der Waals surface area (Å²) in [7, 11) is 0. The Hall–Kier alpha value is -1.06. The molecule has 1 saturated heterocycles. The summed E-state index contributed by atoms with van der Waals surface area (Å²) in [5.41, 5.74) is 2.61. The third-order valence-corrected chi connectivity index (χ3v) is 3.46. The molecule has 1 aromatic rings. The Labute approximate surface area is 110 Å². The second-order valence-corrected chi connectivity index (χ2v) is 5.04. The molecule has 0 unspecified atom stereocenters. The van der Waals surface area contributed by atoms with Crippen LogP contribution in [0.5, 0.6) is 0 Å². The van der Waals surface area contributed by atoms with Gasteiger partial charge in [0.25, 0.3) is 0 Å². The van der Waals surface area contributed by atoms with E-state index >= 15 is 0 Å². The highest BCUT2D eigenvalue weighted by Crippen LogP contribution is 2.15. The average Bonchev–Trinajstić information content (AvgIpc) is 2.40. The summed E-state index contributed by atoms with van der Waals surface area (Å²) in [6.07, 6.45) is 1.15. The predicted octanol–water partition coefficient (Wildman–Crippen LogP) is 2.73. The Morgan fingerprint density at radius 3 is 2.83 bits per heavy atom. The summed E-state index contributed by atoms with van der Waals surface area (Å²) < 4.78 is 5.37. The first-order chi connectivity index (χ1) is 8.78. The van der Waals surface area contributed by atoms with Crippen LogP contribution in [0.1, 0.15) is 25.8 Å². The summed E-state index contributed by atoms with van der Waals surface area (Å²) in [4.78, 5) is 2.45. The van der Waals surface area contributed by atoms with E-state index in [0.29, 0.717) is 6.04 Å². The molecule has 0 saturated carbocycles. The number of morpholine rings is 1. The molecule has 1 aromatic carbocycles. The fraction of sp³-hybridized carbons (Fsp3) is 0.600. The van der Waals surface area contributed by atoms with Crippen molar-refractivity contribution in [1.82, 2.24) is 4.90 Å². The van der Waals surface area contributed by atoms with E-state index in [0.717, 1.165) is 39.3 Å². The Kier molecular flexibility index (Phi) is 5.02. The van der Waals surface area contributed by atoms with E-state index in [1.54, 1.807) is 0 Å². The molecule has 0 aromatic heterocycles. The van der Waals surface area contributed by atoms with Crippen molar-refractivity contribution in [2.75, 3.05) is 31.6 Å². The molecule has 1 fully saturated rings. The molecule has 2 rings (SSSR count). The average molecular weight is 248 g/mol. The van der Waals surface area contributed by atoms with Crippen molar-refractivity contribution in [3.63, 3.8) is 0 Å². The molecule has 0 amide bonds. The lowest BCUT2D eigenvalue weighted by Gasteiger charge is -2.26. The number of ether oxygens (including phenoxy) is 1. The van der Waals surface area contributed by atoms with Crippen molar-refractivity contribution in [2.45, 2.75) is 32.9 Å². The first-order valence-corrected chi connectivity index (χ1v) is 6.93. The number of nitrogens with one attached hydrogen (secondary N) is 1. The molecule has 18 heavy (non-hydrogen) atoms. The van der Waals surface area contributed by atoms with E-state index in [-0.39, 0.29) is 0 Å². The smallest absolute Gasteiger partial charge is 0.0594 e. The zero-order valence-electron chi connectivity index (χ0n) is 11.5. The Morgan fingerprint density at radius 1 is 1.33 bits per heavy atom. The molecule has 1 atom stereocenters. The van der Waals surface area contributed by atoms with Crippen LogP contribution in [0.4, 0.5) is 5.69 Å². The van der Waals surface area contributed by atoms with Gasteiger partial charge in [-0.05, 0) is 31.0 Å². The summed E-state index contributed by atoms with van der Waals surface area (Å²) in [6.45, 7) is 9.27. The third kappa shape index (κ3) is 4.00. The van der Waals surface area contributed by atoms with Crippen molar-refractivity contribution in [3.05, 3.63) is 29.8 Å². The SMILES string of the molecule is CC[C@H](C)Nc1cccc(CN2CCOCC2)c1. The monoisotopic (exact) mass is 248 g/mol. The van der Waals surface area contributed by atoms with Gasteiger partial charge in [-0.2, -0.15) is 0 Å². The number of benzene rings is 1. The van der Waals surface area contributed by atoms with Gasteiger partial charge < -0.3 is 10.1 Å². The number of rotatable bonds is 5. The van der Waals surface area contributed by atoms with Gasteiger partial charge in [0.15, 0.2) is 0 Å². The maximum Gasteiger partial charge on any atom is 0.0594 e. The topological polar surface area (TPSA) is 24.5 Å². The summed E-state index contributed by atoms with van der Waals surface area (Å²) in [6, 6.07) is 9.29. The van der Waals surface area contributed by atoms with Crippen LogP contribution >= 0.6 is 0 Å². The number of anilines is 1. The molecule has 1 aliphatic rings. The standard InChI is InChI=1S/C15H24N2O/c1-3-13(2)16-15-6-4-5-14(11-15)12-17-7-9-18-10-8-17/h4-6,11,13,16H,3,7-10,12H2,1-2H3/t13-/m0/s1. The van der Waals surface area contributed by atoms with Crippen LogP contribution in [0.2, 0.25) is 0 Å². The summed E-state index contributed by atoms with van der Waals surface area (Å²) >= 11 is 0. The van der Waals surface area contributed by atoms with Gasteiger partial charge in [-0.15, -0.1) is 0 Å². The van der Waals surface area contributed by atoms with E-state index in [4.69, 9.17) is 4.74 Å². The lowest BCUT2D eigenvalue weighted by Crippen LogP contribution is -2.35. The molecule has 0 spiro atoms. The molecule has 1 heterocycles. The molecule has 0 bridgehead atoms. The van der Waals surface area contributed by atoms with Crippen molar-refractivity contribution in [1.29, 1.82) is 0 Å². The summed E-state index contributed by atoms with van der Waals surface area (Å²) in [5.74, 6) is 0. The zero-order chi connectivity index (χ0) is 12.8. The van der Waals surface area contributed by atoms with Crippen LogP contribution in [0.3, 0.4) is 0 Å². The first kappa shape index (κ1) is 13.4. The predicted molar refractivity (Wildman–Crippen MR) is 75.9 cm³/mol. The second kappa shape index (κ2) is 6.76. The minimum absolute atomic E-state index is 0.531. The van der Waals surface area contributed by atoms with Crippen LogP contribution < -0.4 is 5.32 Å². The normalized spacial score (nSPS) is 18.6. The fourth-order valence-electron chi connectivity index (χ4n) is 2.16. The molecular weight excluding hydrogens is 224 g/mol. The van der Waals surface area contributed by atoms with E-state index in [2.05, 4.69) is 48.3 Å². The van der Waals surface area contributed by atoms with E-state index < -0.39 is 0 Å². The Bertz CT molecular complexity index is 361. The number of nitrogens with zero attached hydrogens (tertiary/aromatic N) is 1. The van der Waals surface area contributed by atoms with Gasteiger partial charge in [-0.25, -0.2) is 0 Å². The largest absolute Gasteiger partial charge is 0.383 e. The van der Waals surface area contributed by atoms with Crippen LogP contribution in [0.15, 0.2) is 24.3 Å². The minimum Gasteiger partial charge on any atom is -0.383 e. The molecule has 1 N–H and O–H groups in total. The molecule has 0 aliphatic carbocycles. The third-order valence-electron chi connectivity index (χ3n) is 3.46. The van der Waals surface area contributed by atoms with Gasteiger partial charge in [-0.3, -0.25) is 4.90 Å². The molecular formula is C15H24N2O. The number of hydrogen-bond acceptors (Lipinski definition) is 3.